The largest absolute Gasteiger partial charge is 0.494 e. The molecule has 5 rings (SSSR count). The fourth-order valence-corrected chi connectivity index (χ4v) is 4.26. The van der Waals surface area contributed by atoms with Gasteiger partial charge in [0.05, 0.1) is 13.7 Å². The zero-order valence-electron chi connectivity index (χ0n) is 20.3. The van der Waals surface area contributed by atoms with E-state index >= 15 is 0 Å². The van der Waals surface area contributed by atoms with Gasteiger partial charge in [0.15, 0.2) is 0 Å². The number of nitrogens with one attached hydrogen (secondary N) is 1. The topological polar surface area (TPSA) is 104 Å². The van der Waals surface area contributed by atoms with Gasteiger partial charge in [-0.25, -0.2) is 4.79 Å². The molecule has 0 aliphatic carbocycles. The van der Waals surface area contributed by atoms with Gasteiger partial charge in [0.1, 0.15) is 17.3 Å². The highest BCUT2D eigenvalue weighted by atomic mass is 16.5. The number of nitrogens with zero attached hydrogens (tertiary/aromatic N) is 6. The van der Waals surface area contributed by atoms with Crippen LogP contribution in [0.5, 0.6) is 5.75 Å². The van der Waals surface area contributed by atoms with Crippen LogP contribution in [0.15, 0.2) is 77.6 Å². The molecule has 0 atom stereocenters. The van der Waals surface area contributed by atoms with Gasteiger partial charge in [-0.05, 0) is 40.5 Å². The normalized spacial score (nSPS) is 11.1. The molecule has 182 valence electrons. The van der Waals surface area contributed by atoms with Crippen LogP contribution in [-0.2, 0) is 13.0 Å². The number of hydrogen-bond donors (Lipinski definition) is 1. The molecule has 36 heavy (non-hydrogen) atoms. The Hall–Kier alpha value is -4.53. The minimum absolute atomic E-state index is 0.183. The van der Waals surface area contributed by atoms with E-state index in [0.717, 1.165) is 47.3 Å². The van der Waals surface area contributed by atoms with Gasteiger partial charge in [0.2, 0.25) is 5.82 Å². The van der Waals surface area contributed by atoms with Gasteiger partial charge in [-0.3, -0.25) is 4.57 Å². The molecule has 0 saturated carbocycles. The van der Waals surface area contributed by atoms with Crippen LogP contribution in [-0.4, -0.2) is 42.1 Å². The lowest BCUT2D eigenvalue weighted by Gasteiger charge is -2.09. The van der Waals surface area contributed by atoms with Crippen LogP contribution < -0.4 is 10.4 Å². The summed E-state index contributed by atoms with van der Waals surface area (Å²) in [6.45, 7) is 2.56. The maximum atomic E-state index is 13.5. The average molecular weight is 482 g/mol. The summed E-state index contributed by atoms with van der Waals surface area (Å²) in [5.74, 6) is 1.92. The number of ether oxygens (including phenoxy) is 1. The lowest BCUT2D eigenvalue weighted by molar-refractivity contribution is 0.411. The van der Waals surface area contributed by atoms with E-state index in [9.17, 15) is 4.79 Å². The summed E-state index contributed by atoms with van der Waals surface area (Å²) in [5, 5.41) is 19.1. The standard InChI is InChI=1S/C27H27N7O2/c1-3-4-13-25-30-34(23-11-7-8-12-24(23)36-2)27(35)33(25)18-19-14-16-20(17-15-19)21-9-5-6-10-22(21)26-28-31-32-29-26/h5-12,14-17H,3-4,13,18H2,1-2H3,(H,28,29,31,32). The van der Waals surface area contributed by atoms with Crippen LogP contribution in [0.1, 0.15) is 31.2 Å². The molecule has 9 nitrogen and oxygen atoms in total. The highest BCUT2D eigenvalue weighted by Crippen LogP contribution is 2.30. The number of benzene rings is 3. The Morgan fingerprint density at radius 1 is 0.944 bits per heavy atom. The Morgan fingerprint density at radius 2 is 1.69 bits per heavy atom. The molecule has 0 unspecified atom stereocenters. The van der Waals surface area contributed by atoms with E-state index in [1.165, 1.54) is 4.68 Å². The van der Waals surface area contributed by atoms with Crippen LogP contribution in [0.3, 0.4) is 0 Å². The molecule has 1 N–H and O–H groups in total. The second-order valence-electron chi connectivity index (χ2n) is 8.45. The van der Waals surface area contributed by atoms with E-state index in [-0.39, 0.29) is 5.69 Å². The van der Waals surface area contributed by atoms with Crippen LogP contribution in [0, 0.1) is 0 Å². The number of para-hydroxylation sites is 2. The molecular weight excluding hydrogens is 454 g/mol. The smallest absolute Gasteiger partial charge is 0.351 e. The average Bonchev–Trinajstić information content (AvgIpc) is 3.57. The first-order chi connectivity index (χ1) is 17.7. The summed E-state index contributed by atoms with van der Waals surface area (Å²) in [6.07, 6.45) is 2.70. The Bertz CT molecular complexity index is 1500. The third-order valence-corrected chi connectivity index (χ3v) is 6.13. The van der Waals surface area contributed by atoms with Crippen LogP contribution in [0.2, 0.25) is 0 Å². The van der Waals surface area contributed by atoms with Gasteiger partial charge in [-0.2, -0.15) is 9.90 Å². The summed E-state index contributed by atoms with van der Waals surface area (Å²) in [5.41, 5.74) is 4.40. The summed E-state index contributed by atoms with van der Waals surface area (Å²) >= 11 is 0. The van der Waals surface area contributed by atoms with Gasteiger partial charge in [0.25, 0.3) is 0 Å². The van der Waals surface area contributed by atoms with Crippen molar-refractivity contribution in [3.63, 3.8) is 0 Å². The second kappa shape index (κ2) is 10.4. The first kappa shape index (κ1) is 23.2. The highest BCUT2D eigenvalue weighted by Gasteiger charge is 2.17. The van der Waals surface area contributed by atoms with Crippen LogP contribution in [0.4, 0.5) is 0 Å². The van der Waals surface area contributed by atoms with Gasteiger partial charge in [-0.1, -0.05) is 74.0 Å². The number of aromatic nitrogens is 7. The Kier molecular flexibility index (Phi) is 6.70. The van der Waals surface area contributed by atoms with Crippen molar-refractivity contribution in [2.45, 2.75) is 32.7 Å². The number of H-pyrrole nitrogens is 1. The van der Waals surface area contributed by atoms with E-state index < -0.39 is 0 Å². The molecule has 0 fully saturated rings. The summed E-state index contributed by atoms with van der Waals surface area (Å²) < 4.78 is 8.67. The molecule has 0 radical (unpaired) electrons. The summed E-state index contributed by atoms with van der Waals surface area (Å²) in [7, 11) is 1.59. The van der Waals surface area contributed by atoms with Crippen molar-refractivity contribution in [2.24, 2.45) is 0 Å². The lowest BCUT2D eigenvalue weighted by Crippen LogP contribution is -2.25. The molecule has 2 heterocycles. The van der Waals surface area contributed by atoms with Crippen molar-refractivity contribution in [1.82, 2.24) is 35.0 Å². The van der Waals surface area contributed by atoms with Crippen molar-refractivity contribution in [1.29, 1.82) is 0 Å². The number of hydrogen-bond acceptors (Lipinski definition) is 6. The molecular formula is C27H27N7O2. The summed E-state index contributed by atoms with van der Waals surface area (Å²) in [4.78, 5) is 13.5. The monoisotopic (exact) mass is 481 g/mol. The van der Waals surface area contributed by atoms with E-state index in [2.05, 4.69) is 39.7 Å². The number of methoxy groups -OCH3 is 1. The quantitative estimate of drug-likeness (QED) is 0.337. The number of unbranched alkanes of at least 4 members (excludes halogenated alkanes) is 1. The van der Waals surface area contributed by atoms with Gasteiger partial charge in [-0.15, -0.1) is 15.3 Å². The van der Waals surface area contributed by atoms with Crippen LogP contribution in [0.25, 0.3) is 28.2 Å². The molecule has 0 aliphatic rings. The first-order valence-electron chi connectivity index (χ1n) is 11.9. The molecule has 3 aromatic carbocycles. The number of tetrazole rings is 1. The van der Waals surface area contributed by atoms with Gasteiger partial charge in [0, 0.05) is 12.0 Å². The maximum Gasteiger partial charge on any atom is 0.351 e. The van der Waals surface area contributed by atoms with Crippen LogP contribution >= 0.6 is 0 Å². The minimum Gasteiger partial charge on any atom is -0.494 e. The predicted molar refractivity (Wildman–Crippen MR) is 137 cm³/mol. The van der Waals surface area contributed by atoms with Crippen molar-refractivity contribution in [3.8, 4) is 34.0 Å². The van der Waals surface area contributed by atoms with Gasteiger partial charge < -0.3 is 4.74 Å². The van der Waals surface area contributed by atoms with E-state index in [0.29, 0.717) is 23.8 Å². The molecule has 9 heteroatoms. The highest BCUT2D eigenvalue weighted by molar-refractivity contribution is 5.80. The maximum absolute atomic E-state index is 13.5. The molecule has 0 bridgehead atoms. The van der Waals surface area contributed by atoms with Crippen molar-refractivity contribution in [3.05, 3.63) is 94.7 Å². The predicted octanol–water partition coefficient (Wildman–Crippen LogP) is 4.28. The fourth-order valence-electron chi connectivity index (χ4n) is 4.26. The number of rotatable bonds is 9. The number of aromatic amines is 1. The van der Waals surface area contributed by atoms with Crippen molar-refractivity contribution >= 4 is 0 Å². The molecule has 5 aromatic rings. The third-order valence-electron chi connectivity index (χ3n) is 6.13. The Morgan fingerprint density at radius 3 is 2.42 bits per heavy atom. The third kappa shape index (κ3) is 4.55. The number of aryl methyl sites for hydroxylation is 1. The van der Waals surface area contributed by atoms with E-state index in [4.69, 9.17) is 9.84 Å². The lowest BCUT2D eigenvalue weighted by atomic mass is 9.98. The molecule has 0 saturated heterocycles. The Balaban J connectivity index is 1.48. The minimum atomic E-state index is -0.183. The first-order valence-corrected chi connectivity index (χ1v) is 11.9. The molecule has 2 aromatic heterocycles. The van der Waals surface area contributed by atoms with Gasteiger partial charge >= 0.3 is 5.69 Å². The second-order valence-corrected chi connectivity index (χ2v) is 8.45. The van der Waals surface area contributed by atoms with Crippen molar-refractivity contribution < 1.29 is 4.74 Å². The zero-order valence-corrected chi connectivity index (χ0v) is 20.3. The fraction of sp³-hybridized carbons (Fsp3) is 0.222. The Labute approximate surface area is 208 Å². The zero-order chi connectivity index (χ0) is 24.9. The van der Waals surface area contributed by atoms with E-state index in [1.54, 1.807) is 11.7 Å². The molecule has 0 amide bonds. The van der Waals surface area contributed by atoms with E-state index in [1.807, 2.05) is 60.7 Å². The SMILES string of the molecule is CCCCc1nn(-c2ccccc2OC)c(=O)n1Cc1ccc(-c2ccccc2-c2nn[nH]n2)cc1. The summed E-state index contributed by atoms with van der Waals surface area (Å²) in [6, 6.07) is 23.6. The molecule has 0 spiro atoms. The van der Waals surface area contributed by atoms with Crippen molar-refractivity contribution in [2.75, 3.05) is 7.11 Å². The molecule has 0 aliphatic heterocycles.